The summed E-state index contributed by atoms with van der Waals surface area (Å²) in [5.41, 5.74) is -0.676. The fourth-order valence-corrected chi connectivity index (χ4v) is 2.69. The van der Waals surface area contributed by atoms with Gasteiger partial charge in [0.15, 0.2) is 5.03 Å². The average molecular weight is 313 g/mol. The summed E-state index contributed by atoms with van der Waals surface area (Å²) in [5, 5.41) is 8.56. The summed E-state index contributed by atoms with van der Waals surface area (Å²) < 4.78 is 41.3. The van der Waals surface area contributed by atoms with Crippen LogP contribution < -0.4 is 4.72 Å². The first kappa shape index (κ1) is 15.0. The minimum Gasteiger partial charge on any atom is -0.478 e. The average Bonchev–Trinajstić information content (AvgIpc) is 2.73. The Morgan fingerprint density at radius 2 is 2.10 bits per heavy atom. The summed E-state index contributed by atoms with van der Waals surface area (Å²) in [6.07, 6.45) is 1.27. The van der Waals surface area contributed by atoms with E-state index in [1.807, 2.05) is 4.72 Å². The highest BCUT2D eigenvalue weighted by Gasteiger charge is 2.21. The molecule has 0 radical (unpaired) electrons. The Morgan fingerprint density at radius 1 is 1.43 bits per heavy atom. The highest BCUT2D eigenvalue weighted by molar-refractivity contribution is 7.92. The third-order valence-corrected chi connectivity index (χ3v) is 4.06. The Bertz CT molecular complexity index is 794. The smallest absolute Gasteiger partial charge is 0.335 e. The van der Waals surface area contributed by atoms with Crippen molar-refractivity contribution in [2.24, 2.45) is 7.05 Å². The fourth-order valence-electron chi connectivity index (χ4n) is 1.59. The molecule has 0 spiro atoms. The number of hydrogen-bond donors (Lipinski definition) is 2. The van der Waals surface area contributed by atoms with Crippen LogP contribution in [0.4, 0.5) is 10.1 Å². The Labute approximate surface area is 120 Å². The van der Waals surface area contributed by atoms with Crippen LogP contribution in [-0.2, 0) is 17.1 Å². The number of benzene rings is 1. The maximum atomic E-state index is 13.6. The fraction of sp³-hybridized carbons (Fsp3) is 0.167. The van der Waals surface area contributed by atoms with Crippen molar-refractivity contribution in [1.82, 2.24) is 9.55 Å². The number of aryl methyl sites for hydroxylation is 2. The Balaban J connectivity index is 2.41. The quantitative estimate of drug-likeness (QED) is 0.887. The summed E-state index contributed by atoms with van der Waals surface area (Å²) in [5.74, 6) is -1.70. The lowest BCUT2D eigenvalue weighted by Crippen LogP contribution is -2.15. The summed E-state index contributed by atoms with van der Waals surface area (Å²) in [7, 11) is -2.48. The van der Waals surface area contributed by atoms with Gasteiger partial charge in [-0.2, -0.15) is 8.42 Å². The van der Waals surface area contributed by atoms with E-state index < -0.39 is 27.5 Å². The van der Waals surface area contributed by atoms with Crippen LogP contribution in [0.25, 0.3) is 0 Å². The highest BCUT2D eigenvalue weighted by Crippen LogP contribution is 2.20. The molecule has 7 nitrogen and oxygen atoms in total. The summed E-state index contributed by atoms with van der Waals surface area (Å²) in [6.45, 7) is 1.62. The van der Waals surface area contributed by atoms with Crippen molar-refractivity contribution in [1.29, 1.82) is 0 Å². The van der Waals surface area contributed by atoms with Crippen molar-refractivity contribution in [2.75, 3.05) is 4.72 Å². The Kier molecular flexibility index (Phi) is 3.69. The normalized spacial score (nSPS) is 11.4. The van der Waals surface area contributed by atoms with Crippen LogP contribution in [0, 0.1) is 12.7 Å². The molecule has 0 aliphatic carbocycles. The first-order valence-electron chi connectivity index (χ1n) is 5.76. The first-order valence-corrected chi connectivity index (χ1v) is 7.24. The number of imidazole rings is 1. The second kappa shape index (κ2) is 5.17. The summed E-state index contributed by atoms with van der Waals surface area (Å²) >= 11 is 0. The molecule has 0 aliphatic heterocycles. The lowest BCUT2D eigenvalue weighted by Gasteiger charge is -2.07. The summed E-state index contributed by atoms with van der Waals surface area (Å²) in [4.78, 5) is 14.7. The first-order chi connectivity index (χ1) is 9.70. The van der Waals surface area contributed by atoms with Crippen LogP contribution in [0.3, 0.4) is 0 Å². The van der Waals surface area contributed by atoms with E-state index in [9.17, 15) is 17.6 Å². The van der Waals surface area contributed by atoms with Crippen LogP contribution in [0.15, 0.2) is 29.4 Å². The molecule has 0 bridgehead atoms. The topological polar surface area (TPSA) is 101 Å². The number of carbonyl (C=O) groups is 1. The van der Waals surface area contributed by atoms with Crippen molar-refractivity contribution in [2.45, 2.75) is 11.9 Å². The lowest BCUT2D eigenvalue weighted by atomic mass is 10.2. The van der Waals surface area contributed by atoms with Gasteiger partial charge in [0, 0.05) is 13.2 Å². The van der Waals surface area contributed by atoms with Gasteiger partial charge in [-0.1, -0.05) is 0 Å². The van der Waals surface area contributed by atoms with Crippen LogP contribution in [-0.4, -0.2) is 29.0 Å². The number of aromatic carboxylic acids is 1. The van der Waals surface area contributed by atoms with E-state index in [-0.39, 0.29) is 10.6 Å². The molecule has 2 aromatic rings. The SMILES string of the molecule is Cc1nc(S(=O)(=O)Nc2cc(C(=O)O)ccc2F)cn1C. The largest absolute Gasteiger partial charge is 0.478 e. The molecule has 0 saturated carbocycles. The zero-order chi connectivity index (χ0) is 15.8. The van der Waals surface area contributed by atoms with Gasteiger partial charge >= 0.3 is 5.97 Å². The van der Waals surface area contributed by atoms with Crippen LogP contribution in [0.2, 0.25) is 0 Å². The second-order valence-electron chi connectivity index (χ2n) is 4.34. The number of rotatable bonds is 4. The van der Waals surface area contributed by atoms with Gasteiger partial charge in [0.2, 0.25) is 0 Å². The van der Waals surface area contributed by atoms with Crippen molar-refractivity contribution in [3.63, 3.8) is 0 Å². The second-order valence-corrected chi connectivity index (χ2v) is 5.97. The predicted molar refractivity (Wildman–Crippen MR) is 72.1 cm³/mol. The van der Waals surface area contributed by atoms with Crippen LogP contribution in [0.5, 0.6) is 0 Å². The van der Waals surface area contributed by atoms with Gasteiger partial charge in [-0.05, 0) is 25.1 Å². The molecule has 21 heavy (non-hydrogen) atoms. The van der Waals surface area contributed by atoms with Gasteiger partial charge in [-0.15, -0.1) is 0 Å². The predicted octanol–water partition coefficient (Wildman–Crippen LogP) is 1.37. The van der Waals surface area contributed by atoms with Crippen molar-refractivity contribution < 1.29 is 22.7 Å². The van der Waals surface area contributed by atoms with E-state index in [0.717, 1.165) is 18.2 Å². The van der Waals surface area contributed by atoms with Gasteiger partial charge in [0.25, 0.3) is 10.0 Å². The number of aromatic nitrogens is 2. The number of halogens is 1. The zero-order valence-corrected chi connectivity index (χ0v) is 12.0. The molecule has 2 N–H and O–H groups in total. The molecule has 0 aliphatic rings. The number of hydrogen-bond acceptors (Lipinski definition) is 4. The maximum Gasteiger partial charge on any atom is 0.335 e. The van der Waals surface area contributed by atoms with Gasteiger partial charge in [0.05, 0.1) is 11.3 Å². The number of nitrogens with one attached hydrogen (secondary N) is 1. The van der Waals surface area contributed by atoms with Gasteiger partial charge in [-0.25, -0.2) is 14.2 Å². The monoisotopic (exact) mass is 313 g/mol. The van der Waals surface area contributed by atoms with E-state index in [2.05, 4.69) is 4.98 Å². The third kappa shape index (κ3) is 3.02. The van der Waals surface area contributed by atoms with Crippen molar-refractivity contribution in [3.8, 4) is 0 Å². The number of sulfonamides is 1. The van der Waals surface area contributed by atoms with E-state index in [1.54, 1.807) is 14.0 Å². The molecule has 0 fully saturated rings. The number of anilines is 1. The Hall–Kier alpha value is -2.42. The number of nitrogens with zero attached hydrogens (tertiary/aromatic N) is 2. The van der Waals surface area contributed by atoms with Gasteiger partial charge < -0.3 is 9.67 Å². The molecule has 2 rings (SSSR count). The van der Waals surface area contributed by atoms with Crippen LogP contribution >= 0.6 is 0 Å². The van der Waals surface area contributed by atoms with Gasteiger partial charge in [0.1, 0.15) is 11.6 Å². The van der Waals surface area contributed by atoms with Crippen LogP contribution in [0.1, 0.15) is 16.2 Å². The minimum atomic E-state index is -4.09. The van der Waals surface area contributed by atoms with Gasteiger partial charge in [-0.3, -0.25) is 4.72 Å². The van der Waals surface area contributed by atoms with E-state index >= 15 is 0 Å². The molecule has 1 aromatic carbocycles. The highest BCUT2D eigenvalue weighted by atomic mass is 32.2. The standard InChI is InChI=1S/C12H12FN3O4S/c1-7-14-11(6-16(7)2)21(19,20)15-10-5-8(12(17)18)3-4-9(10)13/h3-6,15H,1-2H3,(H,17,18). The molecule has 9 heteroatoms. The molecule has 0 atom stereocenters. The van der Waals surface area contributed by atoms with E-state index in [0.29, 0.717) is 5.82 Å². The minimum absolute atomic E-state index is 0.230. The third-order valence-electron chi connectivity index (χ3n) is 2.82. The van der Waals surface area contributed by atoms with Crippen molar-refractivity contribution in [3.05, 3.63) is 41.6 Å². The molecular weight excluding hydrogens is 301 g/mol. The molecule has 0 saturated heterocycles. The summed E-state index contributed by atoms with van der Waals surface area (Å²) in [6, 6.07) is 2.83. The lowest BCUT2D eigenvalue weighted by molar-refractivity contribution is 0.0697. The zero-order valence-electron chi connectivity index (χ0n) is 11.2. The number of carboxylic acids is 1. The van der Waals surface area contributed by atoms with E-state index in [1.165, 1.54) is 10.8 Å². The molecular formula is C12H12FN3O4S. The Morgan fingerprint density at radius 3 is 2.62 bits per heavy atom. The molecule has 0 unspecified atom stereocenters. The molecule has 1 aromatic heterocycles. The number of carboxylic acid groups (broad SMARTS) is 1. The molecule has 1 heterocycles. The molecule has 0 amide bonds. The maximum absolute atomic E-state index is 13.6. The van der Waals surface area contributed by atoms with E-state index in [4.69, 9.17) is 5.11 Å². The van der Waals surface area contributed by atoms with Crippen molar-refractivity contribution >= 4 is 21.7 Å². The molecule has 112 valence electrons.